The summed E-state index contributed by atoms with van der Waals surface area (Å²) in [6.07, 6.45) is 2.94. The van der Waals surface area contributed by atoms with Crippen molar-refractivity contribution >= 4 is 45.6 Å². The standard InChI is InChI=1S/C38H47N5O10S/c1-37(2,3)53-36(48)40-30-23-51-19-9-5-8-12-26-21-38(26,34(46)42-54(49,50)29-17-18-29)41-32(44)31-20-28(22-43(31)33(30)45)52-35(47)39-27-15-13-25(14-16-27)24-10-6-4-7-11-24/h4,6-8,10-16,26,28-31H,5,9,17-23H2,1-3H3,(H,39,47)(H,40,48)(H,41,44)(H,42,46)/t26-,28-,30+,31+,38-/m1/s1. The molecular weight excluding hydrogens is 719 g/mol. The van der Waals surface area contributed by atoms with Gasteiger partial charge in [0.25, 0.3) is 5.91 Å². The maximum absolute atomic E-state index is 14.2. The first-order valence-electron chi connectivity index (χ1n) is 18.2. The van der Waals surface area contributed by atoms with Crippen molar-refractivity contribution in [3.05, 3.63) is 66.7 Å². The maximum Gasteiger partial charge on any atom is 0.411 e. The van der Waals surface area contributed by atoms with E-state index < -0.39 is 80.4 Å². The number of fused-ring (bicyclic) bond motifs is 2. The Morgan fingerprint density at radius 3 is 2.37 bits per heavy atom. The molecule has 2 aromatic carbocycles. The highest BCUT2D eigenvalue weighted by Crippen LogP contribution is 2.46. The molecule has 0 bridgehead atoms. The van der Waals surface area contributed by atoms with Crippen LogP contribution < -0.4 is 20.7 Å². The highest BCUT2D eigenvalue weighted by molar-refractivity contribution is 7.91. The molecular formula is C38H47N5O10S. The van der Waals surface area contributed by atoms with Crippen molar-refractivity contribution in [2.75, 3.05) is 25.1 Å². The van der Waals surface area contributed by atoms with Crippen LogP contribution in [0, 0.1) is 5.92 Å². The Morgan fingerprint density at radius 2 is 1.69 bits per heavy atom. The van der Waals surface area contributed by atoms with Crippen molar-refractivity contribution in [3.63, 3.8) is 0 Å². The molecule has 0 unspecified atom stereocenters. The van der Waals surface area contributed by atoms with Crippen LogP contribution in [0.3, 0.4) is 0 Å². The first-order valence-corrected chi connectivity index (χ1v) is 19.7. The number of allylic oxidation sites excluding steroid dienone is 1. The third-order valence-electron chi connectivity index (χ3n) is 9.63. The lowest BCUT2D eigenvalue weighted by atomic mass is 10.1. The molecule has 0 spiro atoms. The molecule has 54 heavy (non-hydrogen) atoms. The molecule has 5 amide bonds. The number of nitrogens with one attached hydrogen (secondary N) is 4. The summed E-state index contributed by atoms with van der Waals surface area (Å²) in [5.41, 5.74) is -0.0272. The fourth-order valence-electron chi connectivity index (χ4n) is 6.61. The molecule has 0 aromatic heterocycles. The summed E-state index contributed by atoms with van der Waals surface area (Å²) in [5, 5.41) is 7.35. The van der Waals surface area contributed by atoms with E-state index in [1.807, 2.05) is 48.5 Å². The van der Waals surface area contributed by atoms with Crippen molar-refractivity contribution in [3.8, 4) is 11.1 Å². The van der Waals surface area contributed by atoms with E-state index in [-0.39, 0.29) is 32.6 Å². The van der Waals surface area contributed by atoms with Gasteiger partial charge in [-0.2, -0.15) is 0 Å². The first kappa shape index (κ1) is 38.8. The number of hydrogen-bond acceptors (Lipinski definition) is 10. The van der Waals surface area contributed by atoms with Gasteiger partial charge in [0.05, 0.1) is 18.4 Å². The van der Waals surface area contributed by atoms with Crippen molar-refractivity contribution in [1.29, 1.82) is 0 Å². The Hall–Kier alpha value is -4.96. The van der Waals surface area contributed by atoms with E-state index in [9.17, 15) is 32.4 Å². The third-order valence-corrected chi connectivity index (χ3v) is 11.4. The number of hydrogen-bond donors (Lipinski definition) is 4. The van der Waals surface area contributed by atoms with Crippen LogP contribution in [0.4, 0.5) is 15.3 Å². The average molecular weight is 766 g/mol. The molecule has 2 aliphatic heterocycles. The van der Waals surface area contributed by atoms with E-state index in [0.29, 0.717) is 31.4 Å². The van der Waals surface area contributed by atoms with Crippen LogP contribution in [-0.2, 0) is 38.6 Å². The van der Waals surface area contributed by atoms with Crippen molar-refractivity contribution in [2.24, 2.45) is 5.92 Å². The highest BCUT2D eigenvalue weighted by Gasteiger charge is 2.62. The van der Waals surface area contributed by atoms with Crippen LogP contribution in [0.1, 0.15) is 59.3 Å². The average Bonchev–Trinajstić information content (AvgIpc) is 4.04. The minimum absolute atomic E-state index is 0.142. The van der Waals surface area contributed by atoms with Crippen molar-refractivity contribution in [1.82, 2.24) is 20.3 Å². The zero-order chi connectivity index (χ0) is 38.7. The Balaban J connectivity index is 1.22. The summed E-state index contributed by atoms with van der Waals surface area (Å²) < 4.78 is 44.6. The number of anilines is 1. The number of carbonyl (C=O) groups is 5. The smallest absolute Gasteiger partial charge is 0.411 e. The maximum atomic E-state index is 14.2. The predicted molar refractivity (Wildman–Crippen MR) is 197 cm³/mol. The molecule has 2 heterocycles. The van der Waals surface area contributed by atoms with Crippen molar-refractivity contribution in [2.45, 2.75) is 93.9 Å². The molecule has 5 atom stereocenters. The summed E-state index contributed by atoms with van der Waals surface area (Å²) >= 11 is 0. The van der Waals surface area contributed by atoms with E-state index in [1.54, 1.807) is 39.0 Å². The molecule has 3 fully saturated rings. The van der Waals surface area contributed by atoms with Crippen LogP contribution in [0.25, 0.3) is 11.1 Å². The number of sulfonamides is 1. The second-order valence-electron chi connectivity index (χ2n) is 15.1. The van der Waals surface area contributed by atoms with Crippen molar-refractivity contribution < 1.29 is 46.6 Å². The quantitative estimate of drug-likeness (QED) is 0.302. The molecule has 2 aromatic rings. The zero-order valence-corrected chi connectivity index (χ0v) is 31.4. The van der Waals surface area contributed by atoms with Crippen LogP contribution >= 0.6 is 0 Å². The summed E-state index contributed by atoms with van der Waals surface area (Å²) in [7, 11) is -3.93. The number of amides is 5. The number of carbonyl (C=O) groups excluding carboxylic acids is 5. The van der Waals surface area contributed by atoms with Gasteiger partial charge >= 0.3 is 12.2 Å². The largest absolute Gasteiger partial charge is 0.444 e. The monoisotopic (exact) mass is 765 g/mol. The number of rotatable bonds is 7. The number of nitrogens with zero attached hydrogens (tertiary/aromatic N) is 1. The minimum atomic E-state index is -3.93. The molecule has 6 rings (SSSR count). The van der Waals surface area contributed by atoms with Gasteiger partial charge < -0.3 is 29.7 Å². The zero-order valence-electron chi connectivity index (χ0n) is 30.5. The lowest BCUT2D eigenvalue weighted by Crippen LogP contribution is -2.59. The predicted octanol–water partition coefficient (Wildman–Crippen LogP) is 3.61. The summed E-state index contributed by atoms with van der Waals surface area (Å²) in [4.78, 5) is 69.2. The van der Waals surface area contributed by atoms with Crippen LogP contribution in [0.2, 0.25) is 0 Å². The normalized spacial score (nSPS) is 26.2. The van der Waals surface area contributed by atoms with Gasteiger partial charge in [-0.15, -0.1) is 0 Å². The first-order chi connectivity index (χ1) is 25.6. The molecule has 0 radical (unpaired) electrons. The van der Waals surface area contributed by atoms with Gasteiger partial charge in [0.2, 0.25) is 21.8 Å². The number of ether oxygens (including phenoxy) is 3. The minimum Gasteiger partial charge on any atom is -0.444 e. The van der Waals surface area contributed by atoms with Gasteiger partial charge in [0.15, 0.2) is 0 Å². The van der Waals surface area contributed by atoms with Gasteiger partial charge in [-0.3, -0.25) is 24.4 Å². The molecule has 15 nitrogen and oxygen atoms in total. The third kappa shape index (κ3) is 9.58. The molecule has 4 aliphatic rings. The molecule has 4 N–H and O–H groups in total. The molecule has 2 aliphatic carbocycles. The Labute approximate surface area is 314 Å². The van der Waals surface area contributed by atoms with Crippen LogP contribution in [0.5, 0.6) is 0 Å². The number of alkyl carbamates (subject to hydrolysis) is 1. The molecule has 1 saturated heterocycles. The summed E-state index contributed by atoms with van der Waals surface area (Å²) in [6.45, 7) is 4.81. The van der Waals surface area contributed by atoms with E-state index in [4.69, 9.17) is 14.2 Å². The fraction of sp³-hybridized carbons (Fsp3) is 0.500. The summed E-state index contributed by atoms with van der Waals surface area (Å²) in [6, 6.07) is 14.3. The fourth-order valence-corrected chi connectivity index (χ4v) is 7.97. The molecule has 16 heteroatoms. The molecule has 2 saturated carbocycles. The second kappa shape index (κ2) is 15.8. The lowest BCUT2D eigenvalue weighted by molar-refractivity contribution is -0.142. The SMILES string of the molecule is CC(C)(C)OC(=O)N[C@H]1COCCCC=C[C@@H]2C[C@@]2(C(=O)NS(=O)(=O)C2CC2)NC(=O)[C@@H]2C[C@@H](OC(=O)Nc3ccc(-c4ccccc4)cc3)CN2C1=O. The number of benzene rings is 2. The van der Waals surface area contributed by atoms with E-state index in [1.165, 1.54) is 4.90 Å². The Morgan fingerprint density at radius 1 is 0.981 bits per heavy atom. The summed E-state index contributed by atoms with van der Waals surface area (Å²) in [5.74, 6) is -2.79. The lowest BCUT2D eigenvalue weighted by Gasteiger charge is -2.30. The van der Waals surface area contributed by atoms with Crippen LogP contribution in [0.15, 0.2) is 66.7 Å². The Bertz CT molecular complexity index is 1880. The van der Waals surface area contributed by atoms with Crippen LogP contribution in [-0.4, -0.2) is 97.6 Å². The van der Waals surface area contributed by atoms with Gasteiger partial charge in [-0.25, -0.2) is 18.0 Å². The van der Waals surface area contributed by atoms with E-state index in [0.717, 1.165) is 11.1 Å². The molecule has 290 valence electrons. The van der Waals surface area contributed by atoms with E-state index in [2.05, 4.69) is 20.7 Å². The van der Waals surface area contributed by atoms with Gasteiger partial charge in [-0.05, 0) is 76.1 Å². The second-order valence-corrected chi connectivity index (χ2v) is 17.1. The van der Waals surface area contributed by atoms with E-state index >= 15 is 0 Å². The topological polar surface area (TPSA) is 199 Å². The van der Waals surface area contributed by atoms with Gasteiger partial charge in [-0.1, -0.05) is 54.6 Å². The Kier molecular flexibility index (Phi) is 11.3. The van der Waals surface area contributed by atoms with Gasteiger partial charge in [0, 0.05) is 24.6 Å². The highest BCUT2D eigenvalue weighted by atomic mass is 32.2. The van der Waals surface area contributed by atoms with Gasteiger partial charge in [0.1, 0.15) is 29.3 Å².